The average molecular weight is 671 g/mol. The molecule has 0 unspecified atom stereocenters. The molecule has 11 heteroatoms. The van der Waals surface area contributed by atoms with Gasteiger partial charge < -0.3 is 9.84 Å². The van der Waals surface area contributed by atoms with Crippen molar-refractivity contribution in [2.24, 2.45) is 4.99 Å². The maximum Gasteiger partial charge on any atom is 0.335 e. The van der Waals surface area contributed by atoms with E-state index in [9.17, 15) is 14.7 Å². The third kappa shape index (κ3) is 6.15. The number of carboxylic acid groups (broad SMARTS) is 1. The largest absolute Gasteiger partial charge is 0.487 e. The van der Waals surface area contributed by atoms with Crippen LogP contribution in [-0.4, -0.2) is 34.1 Å². The van der Waals surface area contributed by atoms with Crippen molar-refractivity contribution in [1.82, 2.24) is 4.90 Å². The van der Waals surface area contributed by atoms with E-state index in [4.69, 9.17) is 27.9 Å². The van der Waals surface area contributed by atoms with E-state index in [2.05, 4.69) is 36.9 Å². The predicted molar refractivity (Wildman–Crippen MR) is 151 cm³/mol. The summed E-state index contributed by atoms with van der Waals surface area (Å²) in [6, 6.07) is 15.2. The number of hydrogen-bond acceptors (Lipinski definition) is 5. The number of amides is 1. The lowest BCUT2D eigenvalue weighted by Crippen LogP contribution is -2.23. The zero-order chi connectivity index (χ0) is 26.0. The smallest absolute Gasteiger partial charge is 0.335 e. The van der Waals surface area contributed by atoms with Crippen molar-refractivity contribution < 1.29 is 19.4 Å². The lowest BCUT2D eigenvalue weighted by atomic mass is 10.2. The number of carbonyl (C=O) groups excluding carboxylic acids is 1. The molecule has 6 nitrogen and oxygen atoms in total. The number of nitrogens with zero attached hydrogens (tertiary/aromatic N) is 2. The van der Waals surface area contributed by atoms with Gasteiger partial charge in [0.15, 0.2) is 5.17 Å². The van der Waals surface area contributed by atoms with Crippen LogP contribution in [0, 0.1) is 0 Å². The molecule has 1 heterocycles. The number of carboxylic acids is 1. The highest BCUT2D eigenvalue weighted by Crippen LogP contribution is 2.38. The summed E-state index contributed by atoms with van der Waals surface area (Å²) in [5, 5.41) is 10.6. The molecule has 184 valence electrons. The van der Waals surface area contributed by atoms with Crippen molar-refractivity contribution >= 4 is 95.6 Å². The van der Waals surface area contributed by atoms with E-state index in [1.165, 1.54) is 28.8 Å². The molecule has 1 saturated heterocycles. The number of likely N-dealkylation sites (N-methyl/N-ethyl adjacent to an activating group) is 1. The van der Waals surface area contributed by atoms with Crippen molar-refractivity contribution in [3.8, 4) is 5.75 Å². The van der Waals surface area contributed by atoms with E-state index in [-0.39, 0.29) is 18.1 Å². The van der Waals surface area contributed by atoms with Crippen LogP contribution in [0.1, 0.15) is 21.5 Å². The minimum Gasteiger partial charge on any atom is -0.487 e. The second-order valence-electron chi connectivity index (χ2n) is 7.58. The Morgan fingerprint density at radius 3 is 2.50 bits per heavy atom. The number of amidine groups is 1. The zero-order valence-electron chi connectivity index (χ0n) is 18.5. The molecule has 1 aliphatic rings. The number of thioether (sulfide) groups is 1. The Morgan fingerprint density at radius 2 is 1.83 bits per heavy atom. The Morgan fingerprint density at radius 1 is 1.11 bits per heavy atom. The maximum absolute atomic E-state index is 12.8. The van der Waals surface area contributed by atoms with Gasteiger partial charge in [-0.2, -0.15) is 0 Å². The number of rotatable bonds is 6. The molecular formula is C25H16Br2Cl2N2O4S. The summed E-state index contributed by atoms with van der Waals surface area (Å²) in [5.74, 6) is -0.645. The Bertz CT molecular complexity index is 1420. The zero-order valence-corrected chi connectivity index (χ0v) is 24.0. The molecule has 1 amide bonds. The second-order valence-corrected chi connectivity index (χ2v) is 11.1. The standard InChI is InChI=1S/C25H16Br2Cl2N2O4S/c1-31-23(32)21(36-25(31)30-16-4-2-3-15(11-16)24(33)34)10-14-7-17(26)22(18(27)8-14)35-12-13-5-6-19(28)20(29)9-13/h2-11H,12H2,1H3,(H,33,34). The fraction of sp³-hybridized carbons (Fsp3) is 0.0800. The minimum atomic E-state index is -1.04. The third-order valence-corrected chi connectivity index (χ3v) is 7.98. The van der Waals surface area contributed by atoms with Gasteiger partial charge in [-0.25, -0.2) is 9.79 Å². The molecule has 0 aliphatic carbocycles. The Balaban J connectivity index is 1.54. The fourth-order valence-electron chi connectivity index (χ4n) is 3.21. The molecule has 0 bridgehead atoms. The van der Waals surface area contributed by atoms with E-state index in [0.717, 1.165) is 11.1 Å². The lowest BCUT2D eigenvalue weighted by molar-refractivity contribution is -0.121. The molecule has 0 aromatic heterocycles. The van der Waals surface area contributed by atoms with Crippen molar-refractivity contribution in [3.63, 3.8) is 0 Å². The number of halogens is 4. The summed E-state index contributed by atoms with van der Waals surface area (Å²) < 4.78 is 7.37. The lowest BCUT2D eigenvalue weighted by Gasteiger charge is -2.12. The molecule has 0 spiro atoms. The first-order chi connectivity index (χ1) is 17.1. The minimum absolute atomic E-state index is 0.126. The van der Waals surface area contributed by atoms with Gasteiger partial charge in [0.25, 0.3) is 5.91 Å². The van der Waals surface area contributed by atoms with Gasteiger partial charge >= 0.3 is 5.97 Å². The van der Waals surface area contributed by atoms with Crippen molar-refractivity contribution in [1.29, 1.82) is 0 Å². The molecule has 3 aromatic carbocycles. The van der Waals surface area contributed by atoms with E-state index in [0.29, 0.717) is 40.5 Å². The second kappa shape index (κ2) is 11.4. The number of hydrogen-bond donors (Lipinski definition) is 1. The van der Waals surface area contributed by atoms with Crippen LogP contribution in [0.25, 0.3) is 6.08 Å². The molecule has 4 rings (SSSR count). The van der Waals surface area contributed by atoms with Crippen molar-refractivity contribution in [3.05, 3.63) is 95.2 Å². The quantitative estimate of drug-likeness (QED) is 0.269. The highest BCUT2D eigenvalue weighted by Gasteiger charge is 2.30. The van der Waals surface area contributed by atoms with Gasteiger partial charge in [0.1, 0.15) is 12.4 Å². The highest BCUT2D eigenvalue weighted by atomic mass is 79.9. The van der Waals surface area contributed by atoms with Crippen molar-refractivity contribution in [2.75, 3.05) is 7.05 Å². The average Bonchev–Trinajstić information content (AvgIpc) is 3.08. The molecule has 1 fully saturated rings. The van der Waals surface area contributed by atoms with E-state index in [1.54, 1.807) is 37.4 Å². The first-order valence-corrected chi connectivity index (χ1v) is 13.4. The molecule has 0 saturated carbocycles. The van der Waals surface area contributed by atoms with Crippen LogP contribution in [0.15, 0.2) is 73.4 Å². The SMILES string of the molecule is CN1C(=O)C(=Cc2cc(Br)c(OCc3ccc(Cl)c(Cl)c3)c(Br)c2)SC1=Nc1cccc(C(=O)O)c1. The molecule has 0 atom stereocenters. The molecular weight excluding hydrogens is 655 g/mol. The monoisotopic (exact) mass is 668 g/mol. The summed E-state index contributed by atoms with van der Waals surface area (Å²) in [4.78, 5) is 30.4. The van der Waals surface area contributed by atoms with Crippen LogP contribution in [0.4, 0.5) is 5.69 Å². The number of aromatic carboxylic acids is 1. The van der Waals surface area contributed by atoms with Gasteiger partial charge in [0.2, 0.25) is 0 Å². The molecule has 1 N–H and O–H groups in total. The molecule has 36 heavy (non-hydrogen) atoms. The predicted octanol–water partition coefficient (Wildman–Crippen LogP) is 8.03. The highest BCUT2D eigenvalue weighted by molar-refractivity contribution is 9.11. The van der Waals surface area contributed by atoms with Crippen LogP contribution in [0.5, 0.6) is 5.75 Å². The van der Waals surface area contributed by atoms with Crippen LogP contribution in [-0.2, 0) is 11.4 Å². The van der Waals surface area contributed by atoms with Gasteiger partial charge in [-0.3, -0.25) is 9.69 Å². The Kier molecular flexibility index (Phi) is 8.47. The summed E-state index contributed by atoms with van der Waals surface area (Å²) in [5.41, 5.74) is 2.22. The fourth-order valence-corrected chi connectivity index (χ4v) is 5.97. The van der Waals surface area contributed by atoms with Gasteiger partial charge in [-0.05, 0) is 103 Å². The van der Waals surface area contributed by atoms with E-state index < -0.39 is 5.97 Å². The first kappa shape index (κ1) is 26.8. The Labute approximate surface area is 238 Å². The van der Waals surface area contributed by atoms with Gasteiger partial charge in [-0.15, -0.1) is 0 Å². The van der Waals surface area contributed by atoms with Crippen LogP contribution in [0.3, 0.4) is 0 Å². The summed E-state index contributed by atoms with van der Waals surface area (Å²) in [6.45, 7) is 0.288. The summed E-state index contributed by atoms with van der Waals surface area (Å²) in [6.07, 6.45) is 1.76. The summed E-state index contributed by atoms with van der Waals surface area (Å²) >= 11 is 20.3. The molecule has 0 radical (unpaired) electrons. The van der Waals surface area contributed by atoms with Crippen LogP contribution >= 0.6 is 66.8 Å². The third-order valence-electron chi connectivity index (χ3n) is 5.01. The van der Waals surface area contributed by atoms with Gasteiger partial charge in [0, 0.05) is 7.05 Å². The number of aliphatic imine (C=N–C) groups is 1. The number of ether oxygens (including phenoxy) is 1. The van der Waals surface area contributed by atoms with Gasteiger partial charge in [-0.1, -0.05) is 35.3 Å². The van der Waals surface area contributed by atoms with Gasteiger partial charge in [0.05, 0.1) is 35.1 Å². The van der Waals surface area contributed by atoms with Crippen molar-refractivity contribution in [2.45, 2.75) is 6.61 Å². The van der Waals surface area contributed by atoms with Crippen LogP contribution < -0.4 is 4.74 Å². The van der Waals surface area contributed by atoms with E-state index in [1.807, 2.05) is 18.2 Å². The summed E-state index contributed by atoms with van der Waals surface area (Å²) in [7, 11) is 1.63. The first-order valence-electron chi connectivity index (χ1n) is 10.3. The molecule has 3 aromatic rings. The normalized spacial score (nSPS) is 15.7. The Hall–Kier alpha value is -2.30. The number of carbonyl (C=O) groups is 2. The van der Waals surface area contributed by atoms with Crippen LogP contribution in [0.2, 0.25) is 10.0 Å². The topological polar surface area (TPSA) is 79.2 Å². The molecule has 1 aliphatic heterocycles. The number of benzene rings is 3. The maximum atomic E-state index is 12.8. The van der Waals surface area contributed by atoms with E-state index >= 15 is 0 Å².